The molecule has 0 aliphatic rings. The largest absolute Gasteiger partial charge is 0.484 e. The number of thiophene rings is 1. The molecule has 0 spiro atoms. The average molecular weight is 411 g/mol. The van der Waals surface area contributed by atoms with Crippen LogP contribution in [0.5, 0.6) is 5.75 Å². The van der Waals surface area contributed by atoms with Crippen molar-refractivity contribution in [2.75, 3.05) is 19.7 Å². The third-order valence-corrected chi connectivity index (χ3v) is 4.69. The molecule has 7 heteroatoms. The molecule has 0 saturated heterocycles. The van der Waals surface area contributed by atoms with Crippen LogP contribution in [-0.4, -0.2) is 36.4 Å². The van der Waals surface area contributed by atoms with Gasteiger partial charge in [0, 0.05) is 15.9 Å². The van der Waals surface area contributed by atoms with Crippen LogP contribution in [0.25, 0.3) is 0 Å². The van der Waals surface area contributed by atoms with E-state index in [9.17, 15) is 9.59 Å². The first-order valence-electron chi connectivity index (χ1n) is 7.53. The van der Waals surface area contributed by atoms with Crippen LogP contribution >= 0.6 is 27.3 Å². The number of likely N-dealkylation sites (N-methyl/N-ethyl adjacent to an activating group) is 1. The van der Waals surface area contributed by atoms with Crippen molar-refractivity contribution in [2.24, 2.45) is 0 Å². The average Bonchev–Trinajstić information content (AvgIpc) is 3.10. The summed E-state index contributed by atoms with van der Waals surface area (Å²) in [6.07, 6.45) is 0. The summed E-state index contributed by atoms with van der Waals surface area (Å²) in [7, 11) is 0. The summed E-state index contributed by atoms with van der Waals surface area (Å²) in [5.74, 6) is 0.221. The zero-order valence-electron chi connectivity index (χ0n) is 13.3. The quantitative estimate of drug-likeness (QED) is 0.727. The summed E-state index contributed by atoms with van der Waals surface area (Å²) >= 11 is 4.93. The van der Waals surface area contributed by atoms with Crippen LogP contribution in [0, 0.1) is 0 Å². The first-order valence-corrected chi connectivity index (χ1v) is 9.21. The summed E-state index contributed by atoms with van der Waals surface area (Å²) in [4.78, 5) is 26.7. The number of nitrogens with zero attached hydrogens (tertiary/aromatic N) is 1. The van der Waals surface area contributed by atoms with Crippen molar-refractivity contribution in [2.45, 2.75) is 13.5 Å². The number of amides is 2. The van der Waals surface area contributed by atoms with Crippen molar-refractivity contribution in [1.29, 1.82) is 0 Å². The van der Waals surface area contributed by atoms with Crippen molar-refractivity contribution in [3.8, 4) is 5.75 Å². The van der Waals surface area contributed by atoms with Gasteiger partial charge >= 0.3 is 0 Å². The van der Waals surface area contributed by atoms with Crippen LogP contribution in [0.2, 0.25) is 0 Å². The van der Waals surface area contributed by atoms with Crippen LogP contribution < -0.4 is 10.1 Å². The molecule has 1 aromatic carbocycles. The second-order valence-electron chi connectivity index (χ2n) is 5.01. The van der Waals surface area contributed by atoms with Crippen LogP contribution in [0.4, 0.5) is 0 Å². The van der Waals surface area contributed by atoms with E-state index in [1.165, 1.54) is 4.90 Å². The van der Waals surface area contributed by atoms with Gasteiger partial charge in [0.05, 0.1) is 13.1 Å². The molecular weight excluding hydrogens is 392 g/mol. The van der Waals surface area contributed by atoms with E-state index < -0.39 is 0 Å². The molecule has 2 amide bonds. The summed E-state index contributed by atoms with van der Waals surface area (Å²) in [6, 6.07) is 11.1. The molecule has 0 saturated carbocycles. The lowest BCUT2D eigenvalue weighted by molar-refractivity contribution is -0.137. The molecule has 0 unspecified atom stereocenters. The number of rotatable bonds is 8. The summed E-state index contributed by atoms with van der Waals surface area (Å²) in [6.45, 7) is 2.72. The van der Waals surface area contributed by atoms with Gasteiger partial charge in [0.15, 0.2) is 6.61 Å². The maximum absolute atomic E-state index is 12.2. The van der Waals surface area contributed by atoms with Gasteiger partial charge in [-0.05, 0) is 42.6 Å². The van der Waals surface area contributed by atoms with Crippen LogP contribution in [0.3, 0.4) is 0 Å². The molecule has 2 rings (SSSR count). The Morgan fingerprint density at radius 2 is 2.00 bits per heavy atom. The second kappa shape index (κ2) is 9.44. The maximum Gasteiger partial charge on any atom is 0.260 e. The van der Waals surface area contributed by atoms with Gasteiger partial charge in [-0.15, -0.1) is 11.3 Å². The predicted molar refractivity (Wildman–Crippen MR) is 98.1 cm³/mol. The monoisotopic (exact) mass is 410 g/mol. The minimum Gasteiger partial charge on any atom is -0.484 e. The molecule has 128 valence electrons. The SMILES string of the molecule is CCN(CC(=O)NCc1cccs1)C(=O)COc1ccc(Br)cc1. The highest BCUT2D eigenvalue weighted by atomic mass is 79.9. The Bertz CT molecular complexity index is 659. The fourth-order valence-electron chi connectivity index (χ4n) is 1.97. The topological polar surface area (TPSA) is 58.6 Å². The van der Waals surface area contributed by atoms with Crippen molar-refractivity contribution in [3.05, 3.63) is 51.1 Å². The Hall–Kier alpha value is -1.86. The molecule has 0 radical (unpaired) electrons. The van der Waals surface area contributed by atoms with Crippen molar-refractivity contribution in [3.63, 3.8) is 0 Å². The third-order valence-electron chi connectivity index (χ3n) is 3.28. The van der Waals surface area contributed by atoms with Gasteiger partial charge in [0.25, 0.3) is 5.91 Å². The smallest absolute Gasteiger partial charge is 0.260 e. The number of benzene rings is 1. The molecule has 2 aromatic rings. The molecule has 5 nitrogen and oxygen atoms in total. The van der Waals surface area contributed by atoms with Gasteiger partial charge in [0.1, 0.15) is 5.75 Å². The van der Waals surface area contributed by atoms with E-state index in [-0.39, 0.29) is 25.0 Å². The summed E-state index contributed by atoms with van der Waals surface area (Å²) < 4.78 is 6.41. The molecule has 1 aromatic heterocycles. The Morgan fingerprint density at radius 3 is 2.62 bits per heavy atom. The zero-order valence-corrected chi connectivity index (χ0v) is 15.7. The van der Waals surface area contributed by atoms with E-state index in [1.54, 1.807) is 23.5 Å². The highest BCUT2D eigenvalue weighted by molar-refractivity contribution is 9.10. The van der Waals surface area contributed by atoms with Gasteiger partial charge in [0.2, 0.25) is 5.91 Å². The van der Waals surface area contributed by atoms with Crippen molar-refractivity contribution in [1.82, 2.24) is 10.2 Å². The van der Waals surface area contributed by atoms with E-state index >= 15 is 0 Å². The van der Waals surface area contributed by atoms with Crippen LogP contribution in [-0.2, 0) is 16.1 Å². The molecule has 0 bridgehead atoms. The molecule has 0 fully saturated rings. The standard InChI is InChI=1S/C17H19BrN2O3S/c1-2-20(11-16(21)19-10-15-4-3-9-24-15)17(22)12-23-14-7-5-13(18)6-8-14/h3-9H,2,10-12H2,1H3,(H,19,21). The van der Waals surface area contributed by atoms with E-state index in [4.69, 9.17) is 4.74 Å². The number of carbonyl (C=O) groups excluding carboxylic acids is 2. The number of halogens is 1. The first-order chi connectivity index (χ1) is 11.6. The van der Waals surface area contributed by atoms with Crippen LogP contribution in [0.1, 0.15) is 11.8 Å². The minimum atomic E-state index is -0.216. The van der Waals surface area contributed by atoms with E-state index in [0.717, 1.165) is 9.35 Å². The molecule has 0 aliphatic heterocycles. The van der Waals surface area contributed by atoms with E-state index in [1.807, 2.05) is 36.6 Å². The van der Waals surface area contributed by atoms with E-state index in [0.29, 0.717) is 18.8 Å². The molecular formula is C17H19BrN2O3S. The zero-order chi connectivity index (χ0) is 17.4. The van der Waals surface area contributed by atoms with Gasteiger partial charge in [-0.2, -0.15) is 0 Å². The number of ether oxygens (including phenoxy) is 1. The molecule has 0 aliphatic carbocycles. The first kappa shape index (κ1) is 18.5. The molecule has 1 N–H and O–H groups in total. The normalized spacial score (nSPS) is 10.2. The highest BCUT2D eigenvalue weighted by Gasteiger charge is 2.16. The Balaban J connectivity index is 1.77. The predicted octanol–water partition coefficient (Wildman–Crippen LogP) is 3.05. The van der Waals surface area contributed by atoms with Gasteiger partial charge in [-0.3, -0.25) is 9.59 Å². The Labute approximate surface area is 153 Å². The third kappa shape index (κ3) is 5.98. The Kier molecular flexibility index (Phi) is 7.27. The van der Waals surface area contributed by atoms with Crippen LogP contribution in [0.15, 0.2) is 46.3 Å². The second-order valence-corrected chi connectivity index (χ2v) is 6.95. The Morgan fingerprint density at radius 1 is 1.25 bits per heavy atom. The molecule has 24 heavy (non-hydrogen) atoms. The maximum atomic E-state index is 12.2. The number of carbonyl (C=O) groups is 2. The highest BCUT2D eigenvalue weighted by Crippen LogP contribution is 2.16. The summed E-state index contributed by atoms with van der Waals surface area (Å²) in [5.41, 5.74) is 0. The number of hydrogen-bond acceptors (Lipinski definition) is 4. The fraction of sp³-hybridized carbons (Fsp3) is 0.294. The van der Waals surface area contributed by atoms with Gasteiger partial charge in [-0.1, -0.05) is 22.0 Å². The number of nitrogens with one attached hydrogen (secondary N) is 1. The van der Waals surface area contributed by atoms with Gasteiger partial charge in [-0.25, -0.2) is 0 Å². The number of hydrogen-bond donors (Lipinski definition) is 1. The molecule has 0 atom stereocenters. The summed E-state index contributed by atoms with van der Waals surface area (Å²) in [5, 5.41) is 4.78. The lowest BCUT2D eigenvalue weighted by Gasteiger charge is -2.20. The lowest BCUT2D eigenvalue weighted by Crippen LogP contribution is -2.42. The molecule has 1 heterocycles. The minimum absolute atomic E-state index is 0.0321. The van der Waals surface area contributed by atoms with Gasteiger partial charge < -0.3 is 15.0 Å². The van der Waals surface area contributed by atoms with Crippen molar-refractivity contribution >= 4 is 39.1 Å². The van der Waals surface area contributed by atoms with Crippen molar-refractivity contribution < 1.29 is 14.3 Å². The fourth-order valence-corrected chi connectivity index (χ4v) is 2.88. The van der Waals surface area contributed by atoms with E-state index in [2.05, 4.69) is 21.2 Å². The lowest BCUT2D eigenvalue weighted by atomic mass is 10.3.